The first-order chi connectivity index (χ1) is 10.2. The number of nitrogens with zero attached hydrogens (tertiary/aromatic N) is 1. The number of carbonyl (C=O) groups is 1. The van der Waals surface area contributed by atoms with E-state index in [-0.39, 0.29) is 6.42 Å². The maximum Gasteiger partial charge on any atom is 0.303 e. The zero-order valence-corrected chi connectivity index (χ0v) is 12.8. The van der Waals surface area contributed by atoms with E-state index in [0.717, 1.165) is 26.4 Å². The second-order valence-electron chi connectivity index (χ2n) is 4.61. The van der Waals surface area contributed by atoms with Gasteiger partial charge in [0.05, 0.1) is 10.2 Å². The molecule has 0 amide bonds. The van der Waals surface area contributed by atoms with Gasteiger partial charge in [-0.15, -0.1) is 11.3 Å². The van der Waals surface area contributed by atoms with Crippen LogP contribution < -0.4 is 0 Å². The first-order valence-electron chi connectivity index (χ1n) is 6.53. The Morgan fingerprint density at radius 2 is 2.10 bits per heavy atom. The number of fused-ring (bicyclic) bond motifs is 1. The maximum absolute atomic E-state index is 10.9. The molecule has 5 heteroatoms. The molecular formula is C16H13NO2S2. The summed E-state index contributed by atoms with van der Waals surface area (Å²) < 4.78 is 1.12. The average Bonchev–Trinajstić information content (AvgIpc) is 3.11. The zero-order chi connectivity index (χ0) is 14.7. The summed E-state index contributed by atoms with van der Waals surface area (Å²) in [4.78, 5) is 15.5. The third-order valence-corrected chi connectivity index (χ3v) is 4.87. The van der Waals surface area contributed by atoms with Gasteiger partial charge in [0, 0.05) is 6.42 Å². The summed E-state index contributed by atoms with van der Waals surface area (Å²) in [6.07, 6.45) is 2.65. The Morgan fingerprint density at radius 1 is 1.24 bits per heavy atom. The van der Waals surface area contributed by atoms with E-state index in [1.807, 2.05) is 47.2 Å². The second kappa shape index (κ2) is 6.20. The van der Waals surface area contributed by atoms with Gasteiger partial charge in [0.1, 0.15) is 5.01 Å². The number of aliphatic carboxylic acids is 1. The fourth-order valence-corrected chi connectivity index (χ4v) is 3.68. The highest BCUT2D eigenvalue weighted by Crippen LogP contribution is 2.31. The van der Waals surface area contributed by atoms with Crippen molar-refractivity contribution < 1.29 is 9.90 Å². The molecule has 3 aromatic rings. The van der Waals surface area contributed by atoms with Crippen LogP contribution in [0.1, 0.15) is 23.4 Å². The number of benzene rings is 1. The van der Waals surface area contributed by atoms with Crippen LogP contribution in [0, 0.1) is 0 Å². The van der Waals surface area contributed by atoms with Crippen molar-refractivity contribution in [2.75, 3.05) is 0 Å². The summed E-state index contributed by atoms with van der Waals surface area (Å²) in [6.45, 7) is 0. The molecule has 3 nitrogen and oxygen atoms in total. The highest BCUT2D eigenvalue weighted by Gasteiger charge is 2.11. The molecule has 0 saturated carbocycles. The third-order valence-electron chi connectivity index (χ3n) is 3.06. The van der Waals surface area contributed by atoms with Crippen molar-refractivity contribution in [3.8, 4) is 0 Å². The first-order valence-corrected chi connectivity index (χ1v) is 8.29. The van der Waals surface area contributed by atoms with Gasteiger partial charge in [-0.05, 0) is 52.6 Å². The quantitative estimate of drug-likeness (QED) is 0.738. The maximum atomic E-state index is 10.9. The van der Waals surface area contributed by atoms with Crippen molar-refractivity contribution in [1.29, 1.82) is 0 Å². The topological polar surface area (TPSA) is 50.2 Å². The Morgan fingerprint density at radius 3 is 2.81 bits per heavy atom. The van der Waals surface area contributed by atoms with Gasteiger partial charge in [-0.3, -0.25) is 4.79 Å². The lowest BCUT2D eigenvalue weighted by Crippen LogP contribution is -1.95. The van der Waals surface area contributed by atoms with Gasteiger partial charge in [-0.1, -0.05) is 12.1 Å². The van der Waals surface area contributed by atoms with E-state index in [9.17, 15) is 4.79 Å². The molecular weight excluding hydrogens is 302 g/mol. The van der Waals surface area contributed by atoms with E-state index >= 15 is 0 Å². The van der Waals surface area contributed by atoms with Crippen LogP contribution in [-0.2, 0) is 4.79 Å². The number of thiophene rings is 1. The Kier molecular flexibility index (Phi) is 4.13. The van der Waals surface area contributed by atoms with Gasteiger partial charge in [0.2, 0.25) is 0 Å². The molecule has 0 radical (unpaired) electrons. The third kappa shape index (κ3) is 3.37. The molecule has 0 aliphatic heterocycles. The van der Waals surface area contributed by atoms with E-state index in [1.54, 1.807) is 22.7 Å². The molecule has 0 unspecified atom stereocenters. The normalized spacial score (nSPS) is 11.9. The fraction of sp³-hybridized carbons (Fsp3) is 0.125. The van der Waals surface area contributed by atoms with Crippen LogP contribution in [0.4, 0.5) is 0 Å². The smallest absolute Gasteiger partial charge is 0.303 e. The number of hydrogen-bond acceptors (Lipinski definition) is 4. The van der Waals surface area contributed by atoms with E-state index in [4.69, 9.17) is 5.11 Å². The molecule has 0 aliphatic carbocycles. The number of rotatable bonds is 5. The van der Waals surface area contributed by atoms with Gasteiger partial charge in [-0.25, -0.2) is 4.98 Å². The summed E-state index contributed by atoms with van der Waals surface area (Å²) >= 11 is 3.24. The Hall–Kier alpha value is -1.98. The lowest BCUT2D eigenvalue weighted by Gasteiger charge is -2.01. The minimum atomic E-state index is -0.785. The minimum absolute atomic E-state index is 0.117. The highest BCUT2D eigenvalue weighted by atomic mass is 32.1. The Labute approximate surface area is 130 Å². The van der Waals surface area contributed by atoms with Crippen molar-refractivity contribution in [2.45, 2.75) is 12.8 Å². The second-order valence-corrected chi connectivity index (χ2v) is 6.42. The standard InChI is InChI=1S/C16H13NO2S2/c18-15(19)6-5-12(9-11-7-8-20-10-11)16-17-13-3-1-2-4-14(13)21-16/h1-4,7-10H,5-6H2,(H,18,19)/b12-9-. The van der Waals surface area contributed by atoms with Crippen molar-refractivity contribution >= 4 is 50.5 Å². The van der Waals surface area contributed by atoms with Gasteiger partial charge in [0.15, 0.2) is 0 Å². The number of para-hydroxylation sites is 1. The molecule has 21 heavy (non-hydrogen) atoms. The first kappa shape index (κ1) is 14.0. The molecule has 0 bridgehead atoms. The lowest BCUT2D eigenvalue weighted by molar-refractivity contribution is -0.136. The van der Waals surface area contributed by atoms with E-state index in [1.165, 1.54) is 0 Å². The molecule has 2 aromatic heterocycles. The largest absolute Gasteiger partial charge is 0.481 e. The fourth-order valence-electron chi connectivity index (χ4n) is 2.05. The monoisotopic (exact) mass is 315 g/mol. The van der Waals surface area contributed by atoms with Crippen LogP contribution in [-0.4, -0.2) is 16.1 Å². The van der Waals surface area contributed by atoms with Crippen molar-refractivity contribution in [1.82, 2.24) is 4.98 Å². The van der Waals surface area contributed by atoms with Crippen LogP contribution in [0.25, 0.3) is 21.9 Å². The van der Waals surface area contributed by atoms with Gasteiger partial charge in [-0.2, -0.15) is 11.3 Å². The molecule has 0 aliphatic rings. The molecule has 2 heterocycles. The summed E-state index contributed by atoms with van der Waals surface area (Å²) in [5.41, 5.74) is 3.04. The number of carboxylic acid groups (broad SMARTS) is 1. The molecule has 0 saturated heterocycles. The lowest BCUT2D eigenvalue weighted by atomic mass is 10.1. The number of allylic oxidation sites excluding steroid dienone is 1. The van der Waals surface area contributed by atoms with Crippen LogP contribution in [0.3, 0.4) is 0 Å². The highest BCUT2D eigenvalue weighted by molar-refractivity contribution is 7.19. The van der Waals surface area contributed by atoms with Crippen LogP contribution >= 0.6 is 22.7 Å². The van der Waals surface area contributed by atoms with Gasteiger partial charge in [0.25, 0.3) is 0 Å². The number of hydrogen-bond donors (Lipinski definition) is 1. The molecule has 3 rings (SSSR count). The van der Waals surface area contributed by atoms with Crippen molar-refractivity contribution in [2.24, 2.45) is 0 Å². The number of thiazole rings is 1. The van der Waals surface area contributed by atoms with Crippen LogP contribution in [0.5, 0.6) is 0 Å². The molecule has 1 N–H and O–H groups in total. The summed E-state index contributed by atoms with van der Waals surface area (Å²) in [5.74, 6) is -0.785. The molecule has 106 valence electrons. The van der Waals surface area contributed by atoms with Crippen LogP contribution in [0.2, 0.25) is 0 Å². The molecule has 1 aromatic carbocycles. The van der Waals surface area contributed by atoms with E-state index in [0.29, 0.717) is 6.42 Å². The molecule has 0 atom stereocenters. The number of aromatic nitrogens is 1. The van der Waals surface area contributed by atoms with Gasteiger partial charge >= 0.3 is 5.97 Å². The van der Waals surface area contributed by atoms with Crippen molar-refractivity contribution in [3.63, 3.8) is 0 Å². The Bertz CT molecular complexity index is 755. The minimum Gasteiger partial charge on any atom is -0.481 e. The Balaban J connectivity index is 1.99. The SMILES string of the molecule is O=C(O)CC/C(=C/c1ccsc1)c1nc2ccccc2s1. The summed E-state index contributed by atoms with van der Waals surface area (Å²) in [5, 5.41) is 13.9. The van der Waals surface area contributed by atoms with E-state index < -0.39 is 5.97 Å². The zero-order valence-electron chi connectivity index (χ0n) is 11.2. The van der Waals surface area contributed by atoms with Gasteiger partial charge < -0.3 is 5.11 Å². The number of carboxylic acids is 1. The molecule has 0 spiro atoms. The predicted molar refractivity (Wildman–Crippen MR) is 88.7 cm³/mol. The average molecular weight is 315 g/mol. The van der Waals surface area contributed by atoms with Crippen molar-refractivity contribution in [3.05, 3.63) is 51.7 Å². The van der Waals surface area contributed by atoms with Crippen LogP contribution in [0.15, 0.2) is 41.1 Å². The summed E-state index contributed by atoms with van der Waals surface area (Å²) in [6, 6.07) is 10.00. The predicted octanol–water partition coefficient (Wildman–Crippen LogP) is 4.76. The van der Waals surface area contributed by atoms with E-state index in [2.05, 4.69) is 4.98 Å². The molecule has 0 fully saturated rings. The summed E-state index contributed by atoms with van der Waals surface area (Å²) in [7, 11) is 0.